The summed E-state index contributed by atoms with van der Waals surface area (Å²) in [5, 5.41) is 8.62. The number of benzene rings is 1. The van der Waals surface area contributed by atoms with Crippen molar-refractivity contribution in [3.05, 3.63) is 47.4 Å². The van der Waals surface area contributed by atoms with Crippen molar-refractivity contribution in [3.8, 4) is 17.7 Å². The van der Waals surface area contributed by atoms with E-state index in [1.54, 1.807) is 6.20 Å². The molecule has 0 saturated carbocycles. The summed E-state index contributed by atoms with van der Waals surface area (Å²) in [5.74, 6) is -0.401. The van der Waals surface area contributed by atoms with Crippen LogP contribution < -0.4 is 10.5 Å². The lowest BCUT2D eigenvalue weighted by Gasteiger charge is -2.07. The number of aryl methyl sites for hydroxylation is 1. The van der Waals surface area contributed by atoms with Crippen LogP contribution in [0.25, 0.3) is 0 Å². The van der Waals surface area contributed by atoms with Gasteiger partial charge >= 0.3 is 0 Å². The number of pyridine rings is 1. The highest BCUT2D eigenvalue weighted by atomic mass is 19.1. The molecule has 0 aliphatic carbocycles. The number of anilines is 1. The van der Waals surface area contributed by atoms with Gasteiger partial charge in [0.05, 0.1) is 11.6 Å². The molecule has 0 fully saturated rings. The van der Waals surface area contributed by atoms with Crippen LogP contribution in [-0.4, -0.2) is 4.98 Å². The molecule has 0 amide bonds. The van der Waals surface area contributed by atoms with E-state index in [9.17, 15) is 4.39 Å². The van der Waals surface area contributed by atoms with Crippen molar-refractivity contribution in [2.75, 3.05) is 5.73 Å². The highest BCUT2D eigenvalue weighted by molar-refractivity contribution is 5.48. The van der Waals surface area contributed by atoms with Gasteiger partial charge < -0.3 is 10.5 Å². The molecule has 0 saturated heterocycles. The largest absolute Gasteiger partial charge is 0.436 e. The van der Waals surface area contributed by atoms with Crippen LogP contribution in [0.15, 0.2) is 30.5 Å². The first kappa shape index (κ1) is 11.9. The van der Waals surface area contributed by atoms with Crippen molar-refractivity contribution in [3.63, 3.8) is 0 Å². The van der Waals surface area contributed by atoms with E-state index in [0.717, 1.165) is 11.6 Å². The minimum Gasteiger partial charge on any atom is -0.436 e. The van der Waals surface area contributed by atoms with Crippen LogP contribution in [0.5, 0.6) is 11.6 Å². The quantitative estimate of drug-likeness (QED) is 0.880. The molecule has 1 aromatic heterocycles. The average molecular weight is 243 g/mol. The molecular formula is C13H10FN3O. The molecule has 2 N–H and O–H groups in total. The normalized spacial score (nSPS) is 9.83. The molecular weight excluding hydrogens is 233 g/mol. The van der Waals surface area contributed by atoms with Crippen molar-refractivity contribution >= 4 is 5.69 Å². The number of ether oxygens (including phenoxy) is 1. The van der Waals surface area contributed by atoms with E-state index in [4.69, 9.17) is 15.7 Å². The zero-order valence-corrected chi connectivity index (χ0v) is 9.64. The molecule has 2 aromatic rings. The number of nitrogens with zero attached hydrogens (tertiary/aromatic N) is 2. The molecule has 5 heteroatoms. The second-order valence-electron chi connectivity index (χ2n) is 3.74. The first-order chi connectivity index (χ1) is 8.60. The predicted molar refractivity (Wildman–Crippen MR) is 64.6 cm³/mol. The van der Waals surface area contributed by atoms with Crippen molar-refractivity contribution < 1.29 is 9.13 Å². The van der Waals surface area contributed by atoms with Gasteiger partial charge in [0.25, 0.3) is 0 Å². The summed E-state index contributed by atoms with van der Waals surface area (Å²) in [4.78, 5) is 3.98. The lowest BCUT2D eigenvalue weighted by molar-refractivity contribution is 0.427. The molecule has 0 unspecified atom stereocenters. The molecule has 0 bridgehead atoms. The van der Waals surface area contributed by atoms with Crippen LogP contribution >= 0.6 is 0 Å². The molecule has 18 heavy (non-hydrogen) atoms. The zero-order chi connectivity index (χ0) is 13.1. The van der Waals surface area contributed by atoms with Crippen molar-refractivity contribution in [1.82, 2.24) is 4.98 Å². The third-order valence-electron chi connectivity index (χ3n) is 2.40. The summed E-state index contributed by atoms with van der Waals surface area (Å²) in [6.45, 7) is 1.81. The van der Waals surface area contributed by atoms with Gasteiger partial charge in [-0.3, -0.25) is 0 Å². The topological polar surface area (TPSA) is 71.9 Å². The Hall–Kier alpha value is -2.61. The third-order valence-corrected chi connectivity index (χ3v) is 2.40. The van der Waals surface area contributed by atoms with Crippen LogP contribution in [0.1, 0.15) is 11.1 Å². The first-order valence-corrected chi connectivity index (χ1v) is 5.20. The van der Waals surface area contributed by atoms with E-state index in [1.165, 1.54) is 18.2 Å². The summed E-state index contributed by atoms with van der Waals surface area (Å²) in [6, 6.07) is 7.32. The monoisotopic (exact) mass is 243 g/mol. The van der Waals surface area contributed by atoms with Gasteiger partial charge in [-0.1, -0.05) is 0 Å². The predicted octanol–water partition coefficient (Wildman–Crippen LogP) is 2.78. The zero-order valence-electron chi connectivity index (χ0n) is 9.64. The van der Waals surface area contributed by atoms with Gasteiger partial charge in [-0.05, 0) is 30.7 Å². The lowest BCUT2D eigenvalue weighted by Crippen LogP contribution is -1.95. The second-order valence-corrected chi connectivity index (χ2v) is 3.74. The Balaban J connectivity index is 2.29. The van der Waals surface area contributed by atoms with Crippen LogP contribution in [0.3, 0.4) is 0 Å². The molecule has 4 nitrogen and oxygen atoms in total. The third kappa shape index (κ3) is 2.38. The van der Waals surface area contributed by atoms with Gasteiger partial charge in [0, 0.05) is 18.0 Å². The van der Waals surface area contributed by atoms with E-state index < -0.39 is 5.82 Å². The molecule has 0 spiro atoms. The molecule has 0 radical (unpaired) electrons. The fraction of sp³-hybridized carbons (Fsp3) is 0.0769. The Kier molecular flexibility index (Phi) is 3.11. The molecule has 90 valence electrons. The number of aromatic nitrogens is 1. The smallest absolute Gasteiger partial charge is 0.221 e. The summed E-state index contributed by atoms with van der Waals surface area (Å²) < 4.78 is 18.8. The van der Waals surface area contributed by atoms with Crippen LogP contribution in [0.4, 0.5) is 10.1 Å². The van der Waals surface area contributed by atoms with Gasteiger partial charge in [-0.15, -0.1) is 0 Å². The van der Waals surface area contributed by atoms with Crippen LogP contribution in [0.2, 0.25) is 0 Å². The number of halogens is 1. The van der Waals surface area contributed by atoms with Gasteiger partial charge in [0.2, 0.25) is 5.88 Å². The van der Waals surface area contributed by atoms with Crippen molar-refractivity contribution in [2.24, 2.45) is 0 Å². The summed E-state index contributed by atoms with van der Waals surface area (Å²) >= 11 is 0. The Morgan fingerprint density at radius 2 is 2.17 bits per heavy atom. The first-order valence-electron chi connectivity index (χ1n) is 5.20. The Bertz CT molecular complexity index is 635. The standard InChI is InChI=1S/C13H10FN3O/c1-8-7-17-13(5-11(8)16)18-12-3-2-9(6-15)4-10(12)14/h2-5,7H,1H3,(H2,16,17). The summed E-state index contributed by atoms with van der Waals surface area (Å²) in [7, 11) is 0. The Morgan fingerprint density at radius 1 is 1.39 bits per heavy atom. The summed E-state index contributed by atoms with van der Waals surface area (Å²) in [6.07, 6.45) is 1.55. The van der Waals surface area contributed by atoms with E-state index >= 15 is 0 Å². The molecule has 0 aliphatic heterocycles. The minimum atomic E-state index is -0.616. The van der Waals surface area contributed by atoms with Crippen molar-refractivity contribution in [1.29, 1.82) is 5.26 Å². The van der Waals surface area contributed by atoms with Crippen LogP contribution in [0, 0.1) is 24.1 Å². The van der Waals surface area contributed by atoms with E-state index in [0.29, 0.717) is 5.69 Å². The maximum absolute atomic E-state index is 13.6. The SMILES string of the molecule is Cc1cnc(Oc2ccc(C#N)cc2F)cc1N. The molecule has 0 atom stereocenters. The number of nitrogen functional groups attached to an aromatic ring is 1. The van der Waals surface area contributed by atoms with Gasteiger partial charge in [-0.2, -0.15) is 5.26 Å². The molecule has 0 aliphatic rings. The average Bonchev–Trinajstić information content (AvgIpc) is 2.36. The summed E-state index contributed by atoms with van der Waals surface area (Å²) in [5.41, 5.74) is 7.28. The maximum Gasteiger partial charge on any atom is 0.221 e. The minimum absolute atomic E-state index is 0.00440. The Labute approximate surface area is 103 Å². The highest BCUT2D eigenvalue weighted by Crippen LogP contribution is 2.25. The van der Waals surface area contributed by atoms with Gasteiger partial charge in [-0.25, -0.2) is 9.37 Å². The fourth-order valence-corrected chi connectivity index (χ4v) is 1.34. The number of hydrogen-bond acceptors (Lipinski definition) is 4. The number of nitrogens with two attached hydrogens (primary N) is 1. The van der Waals surface area contributed by atoms with Gasteiger partial charge in [0.1, 0.15) is 0 Å². The molecule has 1 heterocycles. The second kappa shape index (κ2) is 4.72. The van der Waals surface area contributed by atoms with E-state index in [2.05, 4.69) is 4.98 Å². The van der Waals surface area contributed by atoms with Crippen molar-refractivity contribution in [2.45, 2.75) is 6.92 Å². The molecule has 2 rings (SSSR count). The Morgan fingerprint density at radius 3 is 2.78 bits per heavy atom. The lowest BCUT2D eigenvalue weighted by atomic mass is 10.2. The van der Waals surface area contributed by atoms with Gasteiger partial charge in [0.15, 0.2) is 11.6 Å². The number of hydrogen-bond donors (Lipinski definition) is 1. The maximum atomic E-state index is 13.6. The van der Waals surface area contributed by atoms with E-state index in [1.807, 2.05) is 13.0 Å². The van der Waals surface area contributed by atoms with E-state index in [-0.39, 0.29) is 17.2 Å². The van der Waals surface area contributed by atoms with Crippen LogP contribution in [-0.2, 0) is 0 Å². The number of rotatable bonds is 2. The number of nitriles is 1. The fourth-order valence-electron chi connectivity index (χ4n) is 1.34. The highest BCUT2D eigenvalue weighted by Gasteiger charge is 2.07. The molecule has 1 aromatic carbocycles.